The minimum Gasteiger partial charge on any atom is -0.372 e. The molecule has 1 amide bonds. The summed E-state index contributed by atoms with van der Waals surface area (Å²) in [4.78, 5) is 17.2. The molecule has 2 heterocycles. The Labute approximate surface area is 133 Å². The number of amides is 1. The van der Waals surface area contributed by atoms with Crippen LogP contribution in [-0.4, -0.2) is 48.7 Å². The summed E-state index contributed by atoms with van der Waals surface area (Å²) in [6.45, 7) is 8.47. The third-order valence-corrected chi connectivity index (χ3v) is 4.70. The number of para-hydroxylation sites is 1. The highest BCUT2D eigenvalue weighted by Gasteiger charge is 2.32. The van der Waals surface area contributed by atoms with Crippen molar-refractivity contribution in [2.24, 2.45) is 0 Å². The lowest BCUT2D eigenvalue weighted by atomic mass is 10.00. The van der Waals surface area contributed by atoms with Crippen LogP contribution in [0.5, 0.6) is 0 Å². The molecule has 0 radical (unpaired) electrons. The summed E-state index contributed by atoms with van der Waals surface area (Å²) in [5.41, 5.74) is 2.58. The Bertz CT molecular complexity index is 536. The highest BCUT2D eigenvalue weighted by Crippen LogP contribution is 2.29. The summed E-state index contributed by atoms with van der Waals surface area (Å²) >= 11 is 0. The number of rotatable bonds is 2. The Balaban J connectivity index is 1.76. The van der Waals surface area contributed by atoms with Crippen LogP contribution in [0.15, 0.2) is 24.3 Å². The average molecular weight is 302 g/mol. The van der Waals surface area contributed by atoms with Crippen molar-refractivity contribution in [2.75, 3.05) is 24.5 Å². The van der Waals surface area contributed by atoms with Crippen LogP contribution >= 0.6 is 0 Å². The zero-order chi connectivity index (χ0) is 15.7. The molecule has 2 aliphatic heterocycles. The second-order valence-corrected chi connectivity index (χ2v) is 6.60. The second kappa shape index (κ2) is 6.29. The fourth-order valence-electron chi connectivity index (χ4n) is 3.72. The van der Waals surface area contributed by atoms with E-state index < -0.39 is 0 Å². The van der Waals surface area contributed by atoms with Crippen molar-refractivity contribution >= 4 is 11.6 Å². The molecule has 0 spiro atoms. The van der Waals surface area contributed by atoms with Gasteiger partial charge in [0.05, 0.1) is 12.2 Å². The van der Waals surface area contributed by atoms with E-state index in [0.717, 1.165) is 19.4 Å². The van der Waals surface area contributed by atoms with Crippen LogP contribution in [0.25, 0.3) is 0 Å². The van der Waals surface area contributed by atoms with Crippen LogP contribution in [-0.2, 0) is 16.0 Å². The van der Waals surface area contributed by atoms with E-state index in [1.165, 1.54) is 11.3 Å². The first-order chi connectivity index (χ1) is 10.6. The van der Waals surface area contributed by atoms with Crippen LogP contribution in [0, 0.1) is 0 Å². The van der Waals surface area contributed by atoms with Crippen molar-refractivity contribution in [1.29, 1.82) is 0 Å². The summed E-state index contributed by atoms with van der Waals surface area (Å²) in [6, 6.07) is 8.35. The van der Waals surface area contributed by atoms with Crippen LogP contribution in [0.3, 0.4) is 0 Å². The lowest BCUT2D eigenvalue weighted by molar-refractivity contribution is -0.144. The van der Waals surface area contributed by atoms with Crippen LogP contribution in [0.4, 0.5) is 5.69 Å². The van der Waals surface area contributed by atoms with Gasteiger partial charge in [-0.2, -0.15) is 0 Å². The van der Waals surface area contributed by atoms with Gasteiger partial charge in [0.2, 0.25) is 5.91 Å². The quantitative estimate of drug-likeness (QED) is 0.841. The van der Waals surface area contributed by atoms with Gasteiger partial charge >= 0.3 is 0 Å². The molecule has 4 heteroatoms. The lowest BCUT2D eigenvalue weighted by Gasteiger charge is -2.41. The van der Waals surface area contributed by atoms with Crippen molar-refractivity contribution in [2.45, 2.75) is 51.9 Å². The Morgan fingerprint density at radius 3 is 2.64 bits per heavy atom. The number of carbonyl (C=O) groups excluding carboxylic acids is 1. The number of morpholine rings is 1. The van der Waals surface area contributed by atoms with E-state index in [2.05, 4.69) is 29.2 Å². The number of anilines is 1. The van der Waals surface area contributed by atoms with Gasteiger partial charge in [-0.15, -0.1) is 0 Å². The Morgan fingerprint density at radius 2 is 1.91 bits per heavy atom. The van der Waals surface area contributed by atoms with Crippen molar-refractivity contribution in [3.63, 3.8) is 0 Å². The van der Waals surface area contributed by atoms with Gasteiger partial charge < -0.3 is 14.5 Å². The zero-order valence-corrected chi connectivity index (χ0v) is 13.8. The van der Waals surface area contributed by atoms with Gasteiger partial charge in [0.1, 0.15) is 6.04 Å². The molecule has 1 fully saturated rings. The maximum atomic E-state index is 12.9. The van der Waals surface area contributed by atoms with Crippen molar-refractivity contribution < 1.29 is 9.53 Å². The van der Waals surface area contributed by atoms with E-state index in [9.17, 15) is 4.79 Å². The minimum atomic E-state index is -0.112. The van der Waals surface area contributed by atoms with Crippen molar-refractivity contribution in [3.8, 4) is 0 Å². The van der Waals surface area contributed by atoms with Crippen molar-refractivity contribution in [1.82, 2.24) is 4.90 Å². The predicted molar refractivity (Wildman–Crippen MR) is 88.2 cm³/mol. The minimum absolute atomic E-state index is 0.112. The van der Waals surface area contributed by atoms with E-state index in [4.69, 9.17) is 4.74 Å². The first-order valence-corrected chi connectivity index (χ1v) is 8.35. The molecule has 2 aliphatic rings. The number of benzene rings is 1. The molecule has 3 rings (SSSR count). The molecular weight excluding hydrogens is 276 g/mol. The van der Waals surface area contributed by atoms with Crippen LogP contribution in [0.1, 0.15) is 32.8 Å². The number of carbonyl (C=O) groups is 1. The molecule has 0 aliphatic carbocycles. The molecule has 120 valence electrons. The van der Waals surface area contributed by atoms with E-state index >= 15 is 0 Å². The van der Waals surface area contributed by atoms with Gasteiger partial charge in [0, 0.05) is 25.3 Å². The lowest BCUT2D eigenvalue weighted by Crippen LogP contribution is -2.55. The van der Waals surface area contributed by atoms with Crippen molar-refractivity contribution in [3.05, 3.63) is 29.8 Å². The largest absolute Gasteiger partial charge is 0.372 e. The van der Waals surface area contributed by atoms with Gasteiger partial charge in [0.25, 0.3) is 0 Å². The summed E-state index contributed by atoms with van der Waals surface area (Å²) in [5.74, 6) is 0.221. The number of nitrogens with zero attached hydrogens (tertiary/aromatic N) is 2. The Hall–Kier alpha value is -1.55. The Morgan fingerprint density at radius 1 is 1.23 bits per heavy atom. The summed E-state index contributed by atoms with van der Waals surface area (Å²) in [7, 11) is 0. The van der Waals surface area contributed by atoms with Gasteiger partial charge in [-0.25, -0.2) is 0 Å². The third-order valence-electron chi connectivity index (χ3n) is 4.70. The highest BCUT2D eigenvalue weighted by molar-refractivity contribution is 5.85. The number of hydrogen-bond donors (Lipinski definition) is 0. The summed E-state index contributed by atoms with van der Waals surface area (Å²) in [5, 5.41) is 0. The van der Waals surface area contributed by atoms with Crippen LogP contribution in [0.2, 0.25) is 0 Å². The molecule has 0 aromatic heterocycles. The highest BCUT2D eigenvalue weighted by atomic mass is 16.5. The normalized spacial score (nSPS) is 26.5. The Kier molecular flexibility index (Phi) is 4.39. The van der Waals surface area contributed by atoms with Crippen LogP contribution < -0.4 is 4.90 Å². The zero-order valence-electron chi connectivity index (χ0n) is 13.8. The SMILES string of the molecule is CC1CN(C(=O)C(C)N2CCCc3ccccc32)CC(C)O1. The molecule has 1 saturated heterocycles. The third kappa shape index (κ3) is 2.98. The molecular formula is C18H26N2O2. The summed E-state index contributed by atoms with van der Waals surface area (Å²) < 4.78 is 5.74. The van der Waals surface area contributed by atoms with Gasteiger partial charge in [0.15, 0.2) is 0 Å². The van der Waals surface area contributed by atoms with Gasteiger partial charge in [-0.3, -0.25) is 4.79 Å². The molecule has 4 nitrogen and oxygen atoms in total. The molecule has 22 heavy (non-hydrogen) atoms. The molecule has 3 atom stereocenters. The molecule has 0 bridgehead atoms. The number of fused-ring (bicyclic) bond motifs is 1. The number of hydrogen-bond acceptors (Lipinski definition) is 3. The maximum absolute atomic E-state index is 12.9. The topological polar surface area (TPSA) is 32.8 Å². The molecule has 0 N–H and O–H groups in total. The molecule has 1 aromatic rings. The number of ether oxygens (including phenoxy) is 1. The fraction of sp³-hybridized carbons (Fsp3) is 0.611. The van der Waals surface area contributed by atoms with E-state index in [1.54, 1.807) is 0 Å². The number of aryl methyl sites for hydroxylation is 1. The van der Waals surface area contributed by atoms with Gasteiger partial charge in [-0.05, 0) is 45.2 Å². The molecule has 0 saturated carbocycles. The second-order valence-electron chi connectivity index (χ2n) is 6.60. The fourth-order valence-corrected chi connectivity index (χ4v) is 3.72. The van der Waals surface area contributed by atoms with E-state index in [-0.39, 0.29) is 24.2 Å². The smallest absolute Gasteiger partial charge is 0.245 e. The summed E-state index contributed by atoms with van der Waals surface area (Å²) in [6.07, 6.45) is 2.46. The molecule has 3 unspecified atom stereocenters. The van der Waals surface area contributed by atoms with E-state index in [1.807, 2.05) is 25.7 Å². The molecule has 1 aromatic carbocycles. The standard InChI is InChI=1S/C18H26N2O2/c1-13-11-19(12-14(2)22-13)18(21)15(3)20-10-6-8-16-7-4-5-9-17(16)20/h4-5,7,9,13-15H,6,8,10-12H2,1-3H3. The van der Waals surface area contributed by atoms with E-state index in [0.29, 0.717) is 13.1 Å². The predicted octanol–water partition coefficient (Wildman–Crippen LogP) is 2.46. The first kappa shape index (κ1) is 15.3. The monoisotopic (exact) mass is 302 g/mol. The average Bonchev–Trinajstić information content (AvgIpc) is 2.52. The first-order valence-electron chi connectivity index (χ1n) is 8.35. The maximum Gasteiger partial charge on any atom is 0.245 e. The van der Waals surface area contributed by atoms with Gasteiger partial charge in [-0.1, -0.05) is 18.2 Å².